The first kappa shape index (κ1) is 75.7. The Morgan fingerprint density at radius 2 is 0.694 bits per heavy atom. The number of carbonyl (C=O) groups excluding carboxylic acids is 4. The molecule has 0 aliphatic rings. The van der Waals surface area contributed by atoms with Crippen molar-refractivity contribution in [1.82, 2.24) is 10.3 Å². The van der Waals surface area contributed by atoms with Crippen LogP contribution in [0.3, 0.4) is 0 Å². The molecule has 11 nitrogen and oxygen atoms in total. The topological polar surface area (TPSA) is 185 Å². The minimum Gasteiger partial charge on any atom is -0.356 e. The van der Waals surface area contributed by atoms with E-state index in [4.69, 9.17) is 47.0 Å². The number of terminal acetylenes is 1. The number of halogens is 5. The molecule has 2 N–H and O–H groups in total. The Morgan fingerprint density at radius 1 is 0.367 bits per heavy atom. The van der Waals surface area contributed by atoms with Crippen LogP contribution in [0.25, 0.3) is 56.3 Å². The first-order valence-corrected chi connectivity index (χ1v) is 32.8. The van der Waals surface area contributed by atoms with E-state index in [0.29, 0.717) is 16.8 Å². The van der Waals surface area contributed by atoms with Crippen molar-refractivity contribution in [3.05, 3.63) is 372 Å². The van der Waals surface area contributed by atoms with E-state index in [1.54, 1.807) is 30.3 Å². The molecule has 13 rings (SSSR count). The Kier molecular flexibility index (Phi) is 33.2. The number of ketones is 1. The van der Waals surface area contributed by atoms with Crippen LogP contribution in [0.4, 0.5) is 0 Å². The molecule has 11 aromatic carbocycles. The largest absolute Gasteiger partial charge is 0.373 e. The van der Waals surface area contributed by atoms with Gasteiger partial charge in [0.2, 0.25) is 5.78 Å². The van der Waals surface area contributed by atoms with Gasteiger partial charge in [-0.3, -0.25) is 15.0 Å². The van der Waals surface area contributed by atoms with Crippen molar-refractivity contribution < 1.29 is 28.2 Å². The molecular formula is C82H55Br4ClN4O7. The number of hydrogen-bond donors (Lipinski definition) is 2. The molecule has 0 aliphatic carbocycles. The number of Topliss-reactive ketones (excluding diaryl/α,β-unsaturated/α-hetero) is 1. The first-order chi connectivity index (χ1) is 47.8. The van der Waals surface area contributed by atoms with Crippen molar-refractivity contribution in [2.45, 2.75) is 0 Å². The average molecular weight is 1560 g/mol. The maximum absolute atomic E-state index is 11.8. The normalized spacial score (nSPS) is 9.35. The second kappa shape index (κ2) is 42.9. The molecule has 0 saturated heterocycles. The molecule has 2 heterocycles. The quantitative estimate of drug-likeness (QED) is 0.0491. The van der Waals surface area contributed by atoms with Crippen LogP contribution in [0.15, 0.2) is 342 Å². The van der Waals surface area contributed by atoms with Crippen molar-refractivity contribution in [3.8, 4) is 92.3 Å². The summed E-state index contributed by atoms with van der Waals surface area (Å²) in [7, 11) is 0. The Hall–Kier alpha value is -11.3. The van der Waals surface area contributed by atoms with Crippen LogP contribution in [-0.2, 0) is 9.59 Å². The van der Waals surface area contributed by atoms with Gasteiger partial charge in [-0.25, -0.2) is 0 Å². The number of nitrogens with one attached hydrogen (secondary N) is 2. The molecule has 0 spiro atoms. The van der Waals surface area contributed by atoms with Gasteiger partial charge in [-0.2, -0.15) is 14.5 Å². The molecule has 13 aromatic rings. The number of benzene rings is 11. The number of rotatable bonds is 8. The molecule has 480 valence electrons. The predicted octanol–water partition coefficient (Wildman–Crippen LogP) is 22.2. The molecule has 0 bridgehead atoms. The third-order valence-electron chi connectivity index (χ3n) is 12.9. The minimum absolute atomic E-state index is 0.171. The SMILES string of the molecule is Brc1cccc(-c2cc(-c3ccccc3)on2)c1.C#Cc1ccccc1.N=C(C#Cc1ccccc1)c1cccc(Br)c1.N=O.O=C(C#Cc1ccccc1)c1cccc(Br)c1.O=C(Cl)c1cccc(Br)c1.O=C=O.c1ccc(-c2cccc(-c3cc(-c4ccccc4)on3)c2)cc1. The lowest BCUT2D eigenvalue weighted by Crippen LogP contribution is -1.94. The fourth-order valence-corrected chi connectivity index (χ4v) is 10.0. The van der Waals surface area contributed by atoms with Gasteiger partial charge >= 0.3 is 6.15 Å². The fourth-order valence-electron chi connectivity index (χ4n) is 8.31. The van der Waals surface area contributed by atoms with Crippen molar-refractivity contribution in [2.75, 3.05) is 0 Å². The van der Waals surface area contributed by atoms with Crippen LogP contribution in [-0.4, -0.2) is 33.2 Å². The second-order valence-electron chi connectivity index (χ2n) is 19.7. The van der Waals surface area contributed by atoms with Crippen LogP contribution in [0.5, 0.6) is 0 Å². The van der Waals surface area contributed by atoms with Gasteiger partial charge in [0, 0.05) is 85.7 Å². The van der Waals surface area contributed by atoms with E-state index in [0.717, 1.165) is 85.3 Å². The summed E-state index contributed by atoms with van der Waals surface area (Å²) in [4.78, 5) is 46.1. The summed E-state index contributed by atoms with van der Waals surface area (Å²) in [6.07, 6.45) is 5.35. The van der Waals surface area contributed by atoms with Crippen molar-refractivity contribution in [2.24, 2.45) is 0 Å². The zero-order chi connectivity index (χ0) is 70.1. The molecule has 98 heavy (non-hydrogen) atoms. The summed E-state index contributed by atoms with van der Waals surface area (Å²) in [5, 5.41) is 15.8. The van der Waals surface area contributed by atoms with Gasteiger partial charge in [-0.15, -0.1) is 6.42 Å². The van der Waals surface area contributed by atoms with E-state index in [1.807, 2.05) is 249 Å². The van der Waals surface area contributed by atoms with Gasteiger partial charge in [0.15, 0.2) is 11.5 Å². The number of nitrogens with zero attached hydrogens (tertiary/aromatic N) is 2. The highest BCUT2D eigenvalue weighted by Gasteiger charge is 2.11. The summed E-state index contributed by atoms with van der Waals surface area (Å²) >= 11 is 18.6. The van der Waals surface area contributed by atoms with Gasteiger partial charge < -0.3 is 9.05 Å². The summed E-state index contributed by atoms with van der Waals surface area (Å²) < 4.78 is 14.6. The van der Waals surface area contributed by atoms with Gasteiger partial charge in [-0.1, -0.05) is 310 Å². The van der Waals surface area contributed by atoms with Crippen LogP contribution >= 0.6 is 75.3 Å². The number of hydrogen-bond acceptors (Lipinski definition) is 11. The highest BCUT2D eigenvalue weighted by Crippen LogP contribution is 2.30. The van der Waals surface area contributed by atoms with Gasteiger partial charge in [-0.05, 0) is 126 Å². The molecule has 0 unspecified atom stereocenters. The lowest BCUT2D eigenvalue weighted by molar-refractivity contribution is -0.191. The zero-order valence-corrected chi connectivity index (χ0v) is 58.8. The second-order valence-corrected chi connectivity index (χ2v) is 23.7. The molecule has 0 atom stereocenters. The highest BCUT2D eigenvalue weighted by atomic mass is 79.9. The Labute approximate surface area is 606 Å². The molecule has 0 fully saturated rings. The Balaban J connectivity index is 0.000000188. The van der Waals surface area contributed by atoms with Crippen LogP contribution in [0.1, 0.15) is 43.0 Å². The Bertz CT molecular complexity index is 4740. The van der Waals surface area contributed by atoms with E-state index < -0.39 is 5.24 Å². The lowest BCUT2D eigenvalue weighted by atomic mass is 10.0. The number of carbonyl (C=O) groups is 2. The van der Waals surface area contributed by atoms with Crippen LogP contribution < -0.4 is 0 Å². The fraction of sp³-hybridized carbons (Fsp3) is 0. The van der Waals surface area contributed by atoms with Gasteiger partial charge in [0.25, 0.3) is 5.24 Å². The zero-order valence-electron chi connectivity index (χ0n) is 51.7. The van der Waals surface area contributed by atoms with E-state index in [9.17, 15) is 9.59 Å². The van der Waals surface area contributed by atoms with E-state index >= 15 is 0 Å². The molecular weight excluding hydrogens is 1510 g/mol. The third kappa shape index (κ3) is 26.8. The van der Waals surface area contributed by atoms with E-state index in [2.05, 4.69) is 146 Å². The van der Waals surface area contributed by atoms with Gasteiger partial charge in [0.1, 0.15) is 17.1 Å². The molecule has 0 radical (unpaired) electrons. The molecule has 16 heteroatoms. The lowest BCUT2D eigenvalue weighted by Gasteiger charge is -2.03. The van der Waals surface area contributed by atoms with Crippen molar-refractivity contribution in [1.29, 1.82) is 11.0 Å². The predicted molar refractivity (Wildman–Crippen MR) is 404 cm³/mol. The summed E-state index contributed by atoms with van der Waals surface area (Å²) in [5.74, 6) is 15.2. The highest BCUT2D eigenvalue weighted by molar-refractivity contribution is 9.11. The van der Waals surface area contributed by atoms with Crippen LogP contribution in [0.2, 0.25) is 0 Å². The standard InChI is InChI=1S/C21H15NO.C15H10BrNO.C15H10BrN.C15H9BrO.C8H6.C7H4BrClO.CO2.HNO/c1-3-8-16(9-4-1)18-12-7-13-19(14-18)20-15-21(23-22-20)17-10-5-2-6-11-17;16-13-8-4-7-12(9-13)14-10-15(18-17-14)11-5-2-1-3-6-11;2*16-14-8-4-7-13(11-14)15(17)10-9-12-5-2-1-3-6-12;1-2-8-6-4-3-5-7-8;8-6-3-1-2-5(4-6)7(9)10;2-1-3;1-2/h1-15H;1-10H;1-8,11,17H;1-8,11H;1,3-7H;1-4H;;1H. The monoisotopic (exact) mass is 1560 g/mol. The average Bonchev–Trinajstić information content (AvgIpc) is 1.67. The Morgan fingerprint density at radius 3 is 1.10 bits per heavy atom. The maximum Gasteiger partial charge on any atom is 0.373 e. The van der Waals surface area contributed by atoms with Gasteiger partial charge in [0.05, 0.1) is 0 Å². The first-order valence-electron chi connectivity index (χ1n) is 29.2. The summed E-state index contributed by atoms with van der Waals surface area (Å²) in [6, 6.07) is 101. The minimum atomic E-state index is -0.429. The van der Waals surface area contributed by atoms with Crippen molar-refractivity contribution >= 4 is 98.2 Å². The number of nitroso groups, excluding NO2 is 1. The maximum atomic E-state index is 11.8. The molecule has 0 amide bonds. The van der Waals surface area contributed by atoms with E-state index in [1.165, 1.54) is 11.1 Å². The molecule has 2 aromatic heterocycles. The molecule has 0 aliphatic heterocycles. The van der Waals surface area contributed by atoms with Crippen LogP contribution in [0, 0.1) is 51.9 Å². The van der Waals surface area contributed by atoms with Crippen molar-refractivity contribution in [3.63, 3.8) is 0 Å². The summed E-state index contributed by atoms with van der Waals surface area (Å²) in [6.45, 7) is 0. The number of aromatic nitrogens is 2. The van der Waals surface area contributed by atoms with E-state index in [-0.39, 0.29) is 11.9 Å². The molecule has 0 saturated carbocycles. The third-order valence-corrected chi connectivity index (χ3v) is 15.1. The smallest absolute Gasteiger partial charge is 0.356 e. The summed E-state index contributed by atoms with van der Waals surface area (Å²) in [5.41, 5.74) is 17.7.